The highest BCUT2D eigenvalue weighted by Gasteiger charge is 2.35. The summed E-state index contributed by atoms with van der Waals surface area (Å²) in [4.78, 5) is 13.8. The van der Waals surface area contributed by atoms with E-state index in [0.29, 0.717) is 37.3 Å². The van der Waals surface area contributed by atoms with Crippen molar-refractivity contribution in [3.8, 4) is 0 Å². The molecule has 0 unspecified atom stereocenters. The van der Waals surface area contributed by atoms with Crippen molar-refractivity contribution in [2.75, 3.05) is 31.6 Å². The van der Waals surface area contributed by atoms with Gasteiger partial charge in [-0.2, -0.15) is 0 Å². The number of β-amino-alcohol motifs (C(OH)–C–C–N with tert-alkyl or cyclic N) is 1. The summed E-state index contributed by atoms with van der Waals surface area (Å²) in [6.07, 6.45) is 0.769. The summed E-state index contributed by atoms with van der Waals surface area (Å²) in [5.41, 5.74) is -0.0685. The number of hydrogen-bond acceptors (Lipinski definition) is 4. The number of likely N-dealkylation sites (tertiary alicyclic amines) is 1. The number of halogens is 1. The molecule has 1 saturated heterocycles. The Morgan fingerprint density at radius 1 is 1.52 bits per heavy atom. The first-order chi connectivity index (χ1) is 9.92. The molecular weight excluding hydrogens is 275 g/mol. The maximum absolute atomic E-state index is 13.4. The van der Waals surface area contributed by atoms with Crippen molar-refractivity contribution < 1.29 is 19.4 Å². The van der Waals surface area contributed by atoms with Gasteiger partial charge in [0.05, 0.1) is 6.61 Å². The number of rotatable bonds is 5. The minimum absolute atomic E-state index is 0.197. The lowest BCUT2D eigenvalue weighted by atomic mass is 10.1. The number of carbonyl (C=O) groups is 1. The van der Waals surface area contributed by atoms with Crippen molar-refractivity contribution in [2.45, 2.75) is 25.4 Å². The second-order valence-electron chi connectivity index (χ2n) is 5.67. The second-order valence-corrected chi connectivity index (χ2v) is 5.67. The quantitative estimate of drug-likeness (QED) is 0.754. The molecule has 21 heavy (non-hydrogen) atoms. The molecular formula is C15H21FN2O3. The summed E-state index contributed by atoms with van der Waals surface area (Å²) in [6, 6.07) is 4.58. The number of anilines is 1. The molecule has 1 aliphatic rings. The molecule has 0 spiro atoms. The van der Waals surface area contributed by atoms with E-state index in [1.54, 1.807) is 19.1 Å². The molecule has 3 N–H and O–H groups in total. The molecule has 2 rings (SSSR count). The van der Waals surface area contributed by atoms with Crippen LogP contribution in [-0.4, -0.2) is 52.9 Å². The van der Waals surface area contributed by atoms with Gasteiger partial charge in [-0.1, -0.05) is 6.07 Å². The molecule has 1 fully saturated rings. The third-order valence-corrected chi connectivity index (χ3v) is 3.82. The van der Waals surface area contributed by atoms with E-state index in [1.807, 2.05) is 4.90 Å². The molecule has 6 heteroatoms. The summed E-state index contributed by atoms with van der Waals surface area (Å²) in [7, 11) is 0. The van der Waals surface area contributed by atoms with Crippen molar-refractivity contribution >= 4 is 11.6 Å². The van der Waals surface area contributed by atoms with Crippen LogP contribution in [0.1, 0.15) is 18.4 Å². The maximum atomic E-state index is 13.4. The number of carbonyl (C=O) groups excluding carboxylic acids is 1. The monoisotopic (exact) mass is 296 g/mol. The zero-order chi connectivity index (χ0) is 15.5. The van der Waals surface area contributed by atoms with Crippen molar-refractivity contribution in [1.29, 1.82) is 0 Å². The van der Waals surface area contributed by atoms with Crippen LogP contribution in [-0.2, 0) is 4.79 Å². The number of amides is 1. The van der Waals surface area contributed by atoms with Crippen molar-refractivity contribution in [3.63, 3.8) is 0 Å². The summed E-state index contributed by atoms with van der Waals surface area (Å²) in [5.74, 6) is -0.543. The van der Waals surface area contributed by atoms with E-state index in [2.05, 4.69) is 5.32 Å². The molecule has 0 radical (unpaired) electrons. The normalized spacial score (nSPS) is 22.5. The Hall–Kier alpha value is -1.50. The fourth-order valence-electron chi connectivity index (χ4n) is 2.41. The number of nitrogens with one attached hydrogen (secondary N) is 1. The van der Waals surface area contributed by atoms with Crippen molar-refractivity contribution in [1.82, 2.24) is 4.90 Å². The van der Waals surface area contributed by atoms with Crippen molar-refractivity contribution in [2.24, 2.45) is 0 Å². The van der Waals surface area contributed by atoms with Crippen LogP contribution < -0.4 is 5.32 Å². The minimum Gasteiger partial charge on any atom is -0.393 e. The third-order valence-electron chi connectivity index (χ3n) is 3.82. The van der Waals surface area contributed by atoms with E-state index in [9.17, 15) is 14.3 Å². The average Bonchev–Trinajstić information content (AvgIpc) is 2.83. The fraction of sp³-hybridized carbons (Fsp3) is 0.533. The molecule has 1 heterocycles. The first-order valence-electron chi connectivity index (χ1n) is 7.03. The van der Waals surface area contributed by atoms with Gasteiger partial charge in [0.25, 0.3) is 0 Å². The smallest absolute Gasteiger partial charge is 0.225 e. The fourth-order valence-corrected chi connectivity index (χ4v) is 2.41. The molecule has 1 aromatic carbocycles. The number of aliphatic hydroxyl groups is 2. The van der Waals surface area contributed by atoms with Gasteiger partial charge in [0.2, 0.25) is 5.91 Å². The Kier molecular flexibility index (Phi) is 4.92. The molecule has 116 valence electrons. The van der Waals surface area contributed by atoms with Crippen LogP contribution in [0.25, 0.3) is 0 Å². The SMILES string of the molecule is Cc1ccc(NC(=O)CCN2CC[C@@](O)(CO)C2)cc1F. The highest BCUT2D eigenvalue weighted by atomic mass is 19.1. The van der Waals surface area contributed by atoms with Gasteiger partial charge < -0.3 is 15.5 Å². The minimum atomic E-state index is -1.05. The Labute approximate surface area is 123 Å². The third kappa shape index (κ3) is 4.23. The Balaban J connectivity index is 1.79. The van der Waals surface area contributed by atoms with E-state index in [4.69, 9.17) is 5.11 Å². The zero-order valence-corrected chi connectivity index (χ0v) is 12.1. The summed E-state index contributed by atoms with van der Waals surface area (Å²) >= 11 is 0. The predicted octanol–water partition coefficient (Wildman–Crippen LogP) is 0.892. The number of aliphatic hydroxyl groups excluding tert-OH is 1. The van der Waals surface area contributed by atoms with E-state index < -0.39 is 5.60 Å². The van der Waals surface area contributed by atoms with Gasteiger partial charge in [-0.05, 0) is 31.0 Å². The number of hydrogen-bond donors (Lipinski definition) is 3. The van der Waals surface area contributed by atoms with Gasteiger partial charge in [0.15, 0.2) is 0 Å². The number of nitrogens with zero attached hydrogens (tertiary/aromatic N) is 1. The van der Waals surface area contributed by atoms with Crippen LogP contribution in [0.2, 0.25) is 0 Å². The molecule has 0 aliphatic carbocycles. The second kappa shape index (κ2) is 6.51. The highest BCUT2D eigenvalue weighted by molar-refractivity contribution is 5.90. The summed E-state index contributed by atoms with van der Waals surface area (Å²) in [6.45, 7) is 2.93. The molecule has 1 atom stereocenters. The van der Waals surface area contributed by atoms with E-state index in [0.717, 1.165) is 0 Å². The molecule has 0 bridgehead atoms. The topological polar surface area (TPSA) is 72.8 Å². The van der Waals surface area contributed by atoms with Crippen molar-refractivity contribution in [3.05, 3.63) is 29.6 Å². The van der Waals surface area contributed by atoms with E-state index in [1.165, 1.54) is 6.07 Å². The molecule has 0 aromatic heterocycles. The Morgan fingerprint density at radius 3 is 2.90 bits per heavy atom. The van der Waals surface area contributed by atoms with Gasteiger partial charge in [0, 0.05) is 31.7 Å². The number of benzene rings is 1. The maximum Gasteiger partial charge on any atom is 0.225 e. The van der Waals surface area contributed by atoms with Crippen LogP contribution in [0, 0.1) is 12.7 Å². The summed E-state index contributed by atoms with van der Waals surface area (Å²) in [5, 5.41) is 21.6. The Morgan fingerprint density at radius 2 is 2.29 bits per heavy atom. The van der Waals surface area contributed by atoms with E-state index >= 15 is 0 Å². The van der Waals surface area contributed by atoms with Crippen LogP contribution in [0.5, 0.6) is 0 Å². The van der Waals surface area contributed by atoms with Gasteiger partial charge in [-0.15, -0.1) is 0 Å². The van der Waals surface area contributed by atoms with Gasteiger partial charge in [0.1, 0.15) is 11.4 Å². The first-order valence-corrected chi connectivity index (χ1v) is 7.03. The van der Waals surface area contributed by atoms with E-state index in [-0.39, 0.29) is 24.8 Å². The standard InChI is InChI=1S/C15H21FN2O3/c1-11-2-3-12(8-13(11)16)17-14(20)4-6-18-7-5-15(21,9-18)10-19/h2-3,8,19,21H,4-7,9-10H2,1H3,(H,17,20)/t15-/m0/s1. The van der Waals surface area contributed by atoms with Gasteiger partial charge in [-0.3, -0.25) is 9.69 Å². The first kappa shape index (κ1) is 15.9. The molecule has 1 aliphatic heterocycles. The average molecular weight is 296 g/mol. The number of aryl methyl sites for hydroxylation is 1. The highest BCUT2D eigenvalue weighted by Crippen LogP contribution is 2.20. The lowest BCUT2D eigenvalue weighted by Crippen LogP contribution is -2.37. The van der Waals surface area contributed by atoms with Crippen LogP contribution in [0.15, 0.2) is 18.2 Å². The predicted molar refractivity (Wildman–Crippen MR) is 77.5 cm³/mol. The van der Waals surface area contributed by atoms with Gasteiger partial charge in [-0.25, -0.2) is 4.39 Å². The molecule has 0 saturated carbocycles. The molecule has 5 nitrogen and oxygen atoms in total. The lowest BCUT2D eigenvalue weighted by molar-refractivity contribution is -0.116. The van der Waals surface area contributed by atoms with Gasteiger partial charge >= 0.3 is 0 Å². The van der Waals surface area contributed by atoms with Crippen LogP contribution >= 0.6 is 0 Å². The molecule has 1 aromatic rings. The molecule has 1 amide bonds. The lowest BCUT2D eigenvalue weighted by Gasteiger charge is -2.20. The largest absolute Gasteiger partial charge is 0.393 e. The van der Waals surface area contributed by atoms with Crippen LogP contribution in [0.4, 0.5) is 10.1 Å². The van der Waals surface area contributed by atoms with Crippen LogP contribution in [0.3, 0.4) is 0 Å². The summed E-state index contributed by atoms with van der Waals surface area (Å²) < 4.78 is 13.4. The zero-order valence-electron chi connectivity index (χ0n) is 12.1. The Bertz CT molecular complexity index is 524.